The fourth-order valence-electron chi connectivity index (χ4n) is 2.26. The summed E-state index contributed by atoms with van der Waals surface area (Å²) in [5, 5.41) is 11.6. The van der Waals surface area contributed by atoms with E-state index in [-0.39, 0.29) is 5.91 Å². The third-order valence-corrected chi connectivity index (χ3v) is 3.53. The number of benzene rings is 1. The summed E-state index contributed by atoms with van der Waals surface area (Å²) in [5.74, 6) is 0.995. The number of nitrogens with zero attached hydrogens (tertiary/aromatic N) is 3. The number of aromatic nitrogens is 2. The normalized spacial score (nSPS) is 10.4. The van der Waals surface area contributed by atoms with Crippen molar-refractivity contribution in [1.82, 2.24) is 10.2 Å². The number of amides is 1. The highest BCUT2D eigenvalue weighted by molar-refractivity contribution is 6.31. The summed E-state index contributed by atoms with van der Waals surface area (Å²) in [7, 11) is 0. The van der Waals surface area contributed by atoms with Crippen molar-refractivity contribution in [2.75, 3.05) is 23.3 Å². The van der Waals surface area contributed by atoms with E-state index in [1.807, 2.05) is 6.07 Å². The van der Waals surface area contributed by atoms with Gasteiger partial charge in [-0.05, 0) is 43.2 Å². The molecule has 1 heterocycles. The number of halogens is 1. The van der Waals surface area contributed by atoms with Gasteiger partial charge in [-0.2, -0.15) is 0 Å². The predicted octanol–water partition coefficient (Wildman–Crippen LogP) is 4.01. The van der Waals surface area contributed by atoms with Crippen LogP contribution in [0.25, 0.3) is 0 Å². The molecule has 0 saturated heterocycles. The molecule has 122 valence electrons. The van der Waals surface area contributed by atoms with Crippen molar-refractivity contribution in [2.45, 2.75) is 26.7 Å². The average molecular weight is 333 g/mol. The molecule has 1 aromatic carbocycles. The van der Waals surface area contributed by atoms with E-state index in [4.69, 9.17) is 11.6 Å². The zero-order valence-electron chi connectivity index (χ0n) is 13.4. The van der Waals surface area contributed by atoms with Gasteiger partial charge >= 0.3 is 0 Å². The first-order valence-corrected chi connectivity index (χ1v) is 8.17. The van der Waals surface area contributed by atoms with E-state index in [0.717, 1.165) is 31.7 Å². The Morgan fingerprint density at radius 1 is 1.13 bits per heavy atom. The first-order valence-electron chi connectivity index (χ1n) is 7.79. The second kappa shape index (κ2) is 8.48. The van der Waals surface area contributed by atoms with Crippen LogP contribution in [0.5, 0.6) is 0 Å². The van der Waals surface area contributed by atoms with Gasteiger partial charge in [0.05, 0.1) is 0 Å². The quantitative estimate of drug-likeness (QED) is 0.832. The molecule has 0 fully saturated rings. The number of carbonyl (C=O) groups excluding carboxylic acids is 1. The van der Waals surface area contributed by atoms with E-state index in [9.17, 15) is 4.79 Å². The van der Waals surface area contributed by atoms with Crippen molar-refractivity contribution in [1.29, 1.82) is 0 Å². The highest BCUT2D eigenvalue weighted by Gasteiger charge is 2.10. The van der Waals surface area contributed by atoms with Crippen LogP contribution in [0.1, 0.15) is 37.0 Å². The van der Waals surface area contributed by atoms with E-state index in [0.29, 0.717) is 16.4 Å². The van der Waals surface area contributed by atoms with Gasteiger partial charge in [0.1, 0.15) is 0 Å². The molecular formula is C17H21ClN4O. The van der Waals surface area contributed by atoms with Crippen LogP contribution in [0.3, 0.4) is 0 Å². The minimum absolute atomic E-state index is 0.256. The Kier molecular flexibility index (Phi) is 6.35. The van der Waals surface area contributed by atoms with Crippen molar-refractivity contribution in [2.24, 2.45) is 0 Å². The monoisotopic (exact) mass is 332 g/mol. The smallest absolute Gasteiger partial charge is 0.256 e. The molecule has 23 heavy (non-hydrogen) atoms. The van der Waals surface area contributed by atoms with Crippen LogP contribution in [0.4, 0.5) is 11.6 Å². The summed E-state index contributed by atoms with van der Waals surface area (Å²) >= 11 is 5.89. The second-order valence-corrected chi connectivity index (χ2v) is 5.66. The Hall–Kier alpha value is -2.14. The number of hydrogen-bond donors (Lipinski definition) is 1. The maximum atomic E-state index is 12.1. The largest absolute Gasteiger partial charge is 0.355 e. The molecular weight excluding hydrogens is 312 g/mol. The standard InChI is InChI=1S/C17H21ClN4O/c1-3-10-22(11-4-2)16-9-8-15(20-21-16)19-17(23)13-6-5-7-14(18)12-13/h5-9,12H,3-4,10-11H2,1-2H3,(H,19,20,23). The van der Waals surface area contributed by atoms with Gasteiger partial charge in [0.15, 0.2) is 11.6 Å². The van der Waals surface area contributed by atoms with E-state index in [2.05, 4.69) is 34.3 Å². The van der Waals surface area contributed by atoms with Gasteiger partial charge in [0, 0.05) is 23.7 Å². The van der Waals surface area contributed by atoms with Gasteiger partial charge in [-0.1, -0.05) is 31.5 Å². The molecule has 0 spiro atoms. The molecule has 1 amide bonds. The van der Waals surface area contributed by atoms with Gasteiger partial charge in [-0.15, -0.1) is 10.2 Å². The van der Waals surface area contributed by atoms with E-state index in [1.54, 1.807) is 30.3 Å². The third kappa shape index (κ3) is 4.93. The van der Waals surface area contributed by atoms with Gasteiger partial charge in [0.25, 0.3) is 5.91 Å². The molecule has 1 N–H and O–H groups in total. The van der Waals surface area contributed by atoms with E-state index >= 15 is 0 Å². The first-order chi connectivity index (χ1) is 11.1. The lowest BCUT2D eigenvalue weighted by Gasteiger charge is -2.21. The van der Waals surface area contributed by atoms with E-state index in [1.165, 1.54) is 0 Å². The molecule has 1 aromatic heterocycles. The van der Waals surface area contributed by atoms with Crippen molar-refractivity contribution in [3.63, 3.8) is 0 Å². The highest BCUT2D eigenvalue weighted by Crippen LogP contribution is 2.15. The third-order valence-electron chi connectivity index (χ3n) is 3.29. The Balaban J connectivity index is 2.06. The van der Waals surface area contributed by atoms with Crippen LogP contribution in [0.2, 0.25) is 5.02 Å². The van der Waals surface area contributed by atoms with E-state index < -0.39 is 0 Å². The SMILES string of the molecule is CCCN(CCC)c1ccc(NC(=O)c2cccc(Cl)c2)nn1. The molecule has 0 aliphatic heterocycles. The molecule has 2 aromatic rings. The van der Waals surface area contributed by atoms with Crippen molar-refractivity contribution in [3.8, 4) is 0 Å². The molecule has 0 aliphatic rings. The van der Waals surface area contributed by atoms with Crippen LogP contribution in [-0.2, 0) is 0 Å². The Labute approximate surface area is 141 Å². The summed E-state index contributed by atoms with van der Waals surface area (Å²) in [6.45, 7) is 6.15. The molecule has 0 unspecified atom stereocenters. The molecule has 0 bridgehead atoms. The lowest BCUT2D eigenvalue weighted by Crippen LogP contribution is -2.26. The zero-order chi connectivity index (χ0) is 16.7. The van der Waals surface area contributed by atoms with Gasteiger partial charge in [-0.3, -0.25) is 4.79 Å². The maximum absolute atomic E-state index is 12.1. The number of nitrogens with one attached hydrogen (secondary N) is 1. The first kappa shape index (κ1) is 17.2. The fraction of sp³-hybridized carbons (Fsp3) is 0.353. The number of anilines is 2. The summed E-state index contributed by atoms with van der Waals surface area (Å²) in [6, 6.07) is 10.4. The molecule has 0 aliphatic carbocycles. The maximum Gasteiger partial charge on any atom is 0.256 e. The molecule has 6 heteroatoms. The molecule has 0 radical (unpaired) electrons. The molecule has 0 saturated carbocycles. The number of carbonyl (C=O) groups is 1. The molecule has 5 nitrogen and oxygen atoms in total. The number of hydrogen-bond acceptors (Lipinski definition) is 4. The Morgan fingerprint density at radius 2 is 1.87 bits per heavy atom. The van der Waals surface area contributed by atoms with Crippen LogP contribution in [-0.4, -0.2) is 29.2 Å². The van der Waals surface area contributed by atoms with Gasteiger partial charge in [-0.25, -0.2) is 0 Å². The van der Waals surface area contributed by atoms with Gasteiger partial charge < -0.3 is 10.2 Å². The summed E-state index contributed by atoms with van der Waals surface area (Å²) in [4.78, 5) is 14.3. The lowest BCUT2D eigenvalue weighted by atomic mass is 10.2. The molecule has 0 atom stereocenters. The summed E-state index contributed by atoms with van der Waals surface area (Å²) in [6.07, 6.45) is 2.10. The molecule has 2 rings (SSSR count). The van der Waals surface area contributed by atoms with Crippen LogP contribution < -0.4 is 10.2 Å². The minimum Gasteiger partial charge on any atom is -0.355 e. The van der Waals surface area contributed by atoms with Crippen LogP contribution >= 0.6 is 11.6 Å². The van der Waals surface area contributed by atoms with Crippen molar-refractivity contribution >= 4 is 29.1 Å². The summed E-state index contributed by atoms with van der Waals surface area (Å²) < 4.78 is 0. The Morgan fingerprint density at radius 3 is 2.43 bits per heavy atom. The van der Waals surface area contributed by atoms with Crippen molar-refractivity contribution < 1.29 is 4.79 Å². The average Bonchev–Trinajstić information content (AvgIpc) is 2.55. The highest BCUT2D eigenvalue weighted by atomic mass is 35.5. The van der Waals surface area contributed by atoms with Gasteiger partial charge in [0.2, 0.25) is 0 Å². The van der Waals surface area contributed by atoms with Crippen molar-refractivity contribution in [3.05, 3.63) is 47.0 Å². The summed E-state index contributed by atoms with van der Waals surface area (Å²) in [5.41, 5.74) is 0.488. The number of rotatable bonds is 7. The Bertz CT molecular complexity index is 639. The predicted molar refractivity (Wildman–Crippen MR) is 94.2 cm³/mol. The fourth-order valence-corrected chi connectivity index (χ4v) is 2.45. The van der Waals surface area contributed by atoms with Crippen LogP contribution in [0, 0.1) is 0 Å². The van der Waals surface area contributed by atoms with Crippen LogP contribution in [0.15, 0.2) is 36.4 Å². The minimum atomic E-state index is -0.256. The topological polar surface area (TPSA) is 58.1 Å². The second-order valence-electron chi connectivity index (χ2n) is 5.23. The zero-order valence-corrected chi connectivity index (χ0v) is 14.2. The lowest BCUT2D eigenvalue weighted by molar-refractivity contribution is 0.102.